The molecule has 120 valence electrons. The van der Waals surface area contributed by atoms with E-state index < -0.39 is 0 Å². The third kappa shape index (κ3) is 2.90. The van der Waals surface area contributed by atoms with Gasteiger partial charge >= 0.3 is 6.03 Å². The second kappa shape index (κ2) is 6.12. The van der Waals surface area contributed by atoms with Crippen LogP contribution in [0.4, 0.5) is 10.5 Å². The highest BCUT2D eigenvalue weighted by Crippen LogP contribution is 2.27. The lowest BCUT2D eigenvalue weighted by Gasteiger charge is -2.18. The second-order valence-corrected chi connectivity index (χ2v) is 5.59. The first-order valence-corrected chi connectivity index (χ1v) is 7.60. The van der Waals surface area contributed by atoms with Gasteiger partial charge in [0.2, 0.25) is 0 Å². The topological polar surface area (TPSA) is 89.6 Å². The molecule has 3 rings (SSSR count). The molecular weight excluding hydrogens is 294 g/mol. The maximum atomic E-state index is 12.2. The van der Waals surface area contributed by atoms with Crippen molar-refractivity contribution in [2.24, 2.45) is 5.10 Å². The normalized spacial score (nSPS) is 12.9. The van der Waals surface area contributed by atoms with Crippen molar-refractivity contribution < 1.29 is 9.59 Å². The average Bonchev–Trinajstić information content (AvgIpc) is 2.86. The highest BCUT2D eigenvalue weighted by atomic mass is 16.2. The number of unbranched alkanes of at least 4 members (excludes halogenated alkanes) is 1. The number of carbonyl (C=O) groups excluding carboxylic acids is 2. The lowest BCUT2D eigenvalue weighted by molar-refractivity contribution is 0.0957. The Balaban J connectivity index is 1.90. The summed E-state index contributed by atoms with van der Waals surface area (Å²) < 4.78 is 0. The molecule has 0 saturated heterocycles. The summed E-state index contributed by atoms with van der Waals surface area (Å²) >= 11 is 0. The van der Waals surface area contributed by atoms with Crippen molar-refractivity contribution >= 4 is 34.7 Å². The van der Waals surface area contributed by atoms with Crippen LogP contribution in [0.2, 0.25) is 0 Å². The van der Waals surface area contributed by atoms with Crippen LogP contribution in [0.1, 0.15) is 35.7 Å². The predicted molar refractivity (Wildman–Crippen MR) is 89.9 cm³/mol. The monoisotopic (exact) mass is 313 g/mol. The highest BCUT2D eigenvalue weighted by Gasteiger charge is 2.19. The zero-order valence-corrected chi connectivity index (χ0v) is 13.1. The summed E-state index contributed by atoms with van der Waals surface area (Å²) in [6, 6.07) is 3.30. The molecule has 0 atom stereocenters. The van der Waals surface area contributed by atoms with Gasteiger partial charge in [-0.1, -0.05) is 13.3 Å². The van der Waals surface area contributed by atoms with E-state index in [1.807, 2.05) is 6.07 Å². The van der Waals surface area contributed by atoms with Gasteiger partial charge in [0.1, 0.15) is 0 Å². The quantitative estimate of drug-likeness (QED) is 0.809. The molecule has 1 aliphatic heterocycles. The van der Waals surface area contributed by atoms with E-state index in [-0.39, 0.29) is 11.9 Å². The molecule has 7 nitrogen and oxygen atoms in total. The van der Waals surface area contributed by atoms with Crippen LogP contribution in [0.5, 0.6) is 0 Å². The fraction of sp³-hybridized carbons (Fsp3) is 0.312. The molecule has 3 amide bonds. The van der Waals surface area contributed by atoms with E-state index in [9.17, 15) is 9.59 Å². The number of carbonyl (C=O) groups is 2. The molecule has 0 aliphatic carbocycles. The molecular formula is C16H19N5O2. The van der Waals surface area contributed by atoms with Crippen LogP contribution in [0.15, 0.2) is 23.4 Å². The van der Waals surface area contributed by atoms with E-state index >= 15 is 0 Å². The minimum absolute atomic E-state index is 0.193. The maximum absolute atomic E-state index is 12.2. The molecule has 2 heterocycles. The second-order valence-electron chi connectivity index (χ2n) is 5.59. The third-order valence-electron chi connectivity index (χ3n) is 3.87. The van der Waals surface area contributed by atoms with Gasteiger partial charge in [-0.15, -0.1) is 0 Å². The molecule has 2 aromatic rings. The van der Waals surface area contributed by atoms with Crippen LogP contribution in [0.25, 0.3) is 10.9 Å². The van der Waals surface area contributed by atoms with Crippen LogP contribution in [-0.4, -0.2) is 41.6 Å². The number of aromatic amines is 1. The summed E-state index contributed by atoms with van der Waals surface area (Å²) in [5, 5.41) is 7.52. The highest BCUT2D eigenvalue weighted by molar-refractivity contribution is 6.15. The third-order valence-corrected chi connectivity index (χ3v) is 3.87. The molecule has 3 N–H and O–H groups in total. The number of hydrogen-bond acceptors (Lipinski definition) is 3. The van der Waals surface area contributed by atoms with Crippen molar-refractivity contribution in [2.75, 3.05) is 18.9 Å². The van der Waals surface area contributed by atoms with Gasteiger partial charge in [-0.25, -0.2) is 10.2 Å². The Kier molecular flexibility index (Phi) is 4.01. The molecule has 1 aliphatic rings. The molecule has 7 heteroatoms. The molecule has 1 aromatic heterocycles. The van der Waals surface area contributed by atoms with Crippen LogP contribution in [-0.2, 0) is 0 Å². The summed E-state index contributed by atoms with van der Waals surface area (Å²) in [5.41, 5.74) is 5.15. The molecule has 0 radical (unpaired) electrons. The fourth-order valence-corrected chi connectivity index (χ4v) is 2.58. The van der Waals surface area contributed by atoms with Gasteiger partial charge in [-0.3, -0.25) is 4.79 Å². The molecule has 23 heavy (non-hydrogen) atoms. The molecule has 0 saturated carbocycles. The standard InChI is InChI=1S/C16H19N5O2/c1-3-4-5-21(2)16(23)19-11-6-12-14-10(8-17-13(14)7-11)9-18-20-15(12)22/h6-9,17H,3-5H2,1-2H3,(H,19,23)(H,20,22). The Hall–Kier alpha value is -2.83. The minimum Gasteiger partial charge on any atom is -0.360 e. The molecule has 0 spiro atoms. The number of rotatable bonds is 4. The smallest absolute Gasteiger partial charge is 0.321 e. The van der Waals surface area contributed by atoms with Gasteiger partial charge in [-0.05, 0) is 18.6 Å². The van der Waals surface area contributed by atoms with E-state index in [1.54, 1.807) is 30.4 Å². The zero-order chi connectivity index (χ0) is 16.4. The van der Waals surface area contributed by atoms with E-state index in [1.165, 1.54) is 0 Å². The maximum Gasteiger partial charge on any atom is 0.321 e. The Morgan fingerprint density at radius 1 is 1.39 bits per heavy atom. The minimum atomic E-state index is -0.292. The Labute approximate surface area is 133 Å². The number of nitrogens with zero attached hydrogens (tertiary/aromatic N) is 2. The van der Waals surface area contributed by atoms with Crippen LogP contribution in [0, 0.1) is 0 Å². The lowest BCUT2D eigenvalue weighted by atomic mass is 10.1. The first-order chi connectivity index (χ1) is 11.1. The van der Waals surface area contributed by atoms with Crippen molar-refractivity contribution in [1.29, 1.82) is 0 Å². The first kappa shape index (κ1) is 15.1. The van der Waals surface area contributed by atoms with Gasteiger partial charge in [0.05, 0.1) is 11.8 Å². The van der Waals surface area contributed by atoms with Crippen molar-refractivity contribution in [1.82, 2.24) is 15.3 Å². The van der Waals surface area contributed by atoms with Gasteiger partial charge in [0.15, 0.2) is 0 Å². The van der Waals surface area contributed by atoms with Crippen molar-refractivity contribution in [3.8, 4) is 0 Å². The van der Waals surface area contributed by atoms with Crippen molar-refractivity contribution in [3.05, 3.63) is 29.5 Å². The van der Waals surface area contributed by atoms with E-state index in [0.717, 1.165) is 29.3 Å². The van der Waals surface area contributed by atoms with Crippen LogP contribution < -0.4 is 10.7 Å². The lowest BCUT2D eigenvalue weighted by Crippen LogP contribution is -2.32. The summed E-state index contributed by atoms with van der Waals surface area (Å²) in [6.45, 7) is 2.77. The number of amides is 3. The largest absolute Gasteiger partial charge is 0.360 e. The molecule has 0 unspecified atom stereocenters. The number of urea groups is 1. The van der Waals surface area contributed by atoms with Gasteiger partial charge in [-0.2, -0.15) is 5.10 Å². The Morgan fingerprint density at radius 3 is 3.00 bits per heavy atom. The Morgan fingerprint density at radius 2 is 2.22 bits per heavy atom. The summed E-state index contributed by atoms with van der Waals surface area (Å²) in [7, 11) is 1.76. The zero-order valence-electron chi connectivity index (χ0n) is 13.1. The number of hydrazone groups is 1. The van der Waals surface area contributed by atoms with Gasteiger partial charge < -0.3 is 15.2 Å². The van der Waals surface area contributed by atoms with E-state index in [4.69, 9.17) is 0 Å². The summed E-state index contributed by atoms with van der Waals surface area (Å²) in [4.78, 5) is 29.1. The van der Waals surface area contributed by atoms with Crippen molar-refractivity contribution in [2.45, 2.75) is 19.8 Å². The first-order valence-electron chi connectivity index (χ1n) is 7.60. The fourth-order valence-electron chi connectivity index (χ4n) is 2.58. The number of aromatic nitrogens is 1. The molecule has 0 fully saturated rings. The molecule has 0 bridgehead atoms. The van der Waals surface area contributed by atoms with Gasteiger partial charge in [0.25, 0.3) is 5.91 Å². The summed E-state index contributed by atoms with van der Waals surface area (Å²) in [6.07, 6.45) is 5.37. The van der Waals surface area contributed by atoms with E-state index in [0.29, 0.717) is 17.8 Å². The van der Waals surface area contributed by atoms with Crippen LogP contribution >= 0.6 is 0 Å². The number of H-pyrrole nitrogens is 1. The Bertz CT molecular complexity index is 793. The number of hydrogen-bond donors (Lipinski definition) is 3. The average molecular weight is 313 g/mol. The van der Waals surface area contributed by atoms with Crippen molar-refractivity contribution in [3.63, 3.8) is 0 Å². The van der Waals surface area contributed by atoms with Gasteiger partial charge in [0, 0.05) is 41.9 Å². The number of benzene rings is 1. The number of nitrogens with one attached hydrogen (secondary N) is 3. The van der Waals surface area contributed by atoms with E-state index in [2.05, 4.69) is 27.8 Å². The number of anilines is 1. The SMILES string of the molecule is CCCCN(C)C(=O)Nc1cc2c3c(c[nH]c3c1)C=NNC2=O. The molecule has 1 aromatic carbocycles. The predicted octanol–water partition coefficient (Wildman–Crippen LogP) is 2.51. The van der Waals surface area contributed by atoms with Crippen LogP contribution in [0.3, 0.4) is 0 Å². The summed E-state index contributed by atoms with van der Waals surface area (Å²) in [5.74, 6) is -0.292.